The van der Waals surface area contributed by atoms with Gasteiger partial charge in [-0.3, -0.25) is 9.79 Å². The van der Waals surface area contributed by atoms with E-state index in [1.807, 2.05) is 4.90 Å². The highest BCUT2D eigenvalue weighted by Crippen LogP contribution is 2.28. The van der Waals surface area contributed by atoms with Crippen molar-refractivity contribution >= 4 is 22.7 Å². The van der Waals surface area contributed by atoms with Crippen molar-refractivity contribution < 1.29 is 4.79 Å². The molecular formula is C14H23ClN4O. The summed E-state index contributed by atoms with van der Waals surface area (Å²) < 4.78 is 0. The largest absolute Gasteiger partial charge is 0.403 e. The normalized spacial score (nSPS) is 25.4. The van der Waals surface area contributed by atoms with Gasteiger partial charge in [0.1, 0.15) is 5.17 Å². The lowest BCUT2D eigenvalue weighted by atomic mass is 10.1. The fraction of sp³-hybridized carbons (Fsp3) is 0.714. The van der Waals surface area contributed by atoms with Gasteiger partial charge in [-0.2, -0.15) is 0 Å². The van der Waals surface area contributed by atoms with Crippen LogP contribution >= 0.6 is 11.6 Å². The first-order valence-electron chi connectivity index (χ1n) is 7.28. The van der Waals surface area contributed by atoms with Crippen molar-refractivity contribution in [2.75, 3.05) is 19.6 Å². The summed E-state index contributed by atoms with van der Waals surface area (Å²) in [5, 5.41) is 0.257. The SMILES string of the molecule is N/C=C(N)\C(Cl)=N/C[C@H]1CCN(C(=O)C2CCCC2)C1. The third-order valence-corrected chi connectivity index (χ3v) is 4.55. The molecule has 1 heterocycles. The number of aliphatic imine (C=N–C) groups is 1. The lowest BCUT2D eigenvalue weighted by Gasteiger charge is -2.20. The van der Waals surface area contributed by atoms with Crippen molar-refractivity contribution in [3.8, 4) is 0 Å². The lowest BCUT2D eigenvalue weighted by Crippen LogP contribution is -2.33. The Kier molecular flexibility index (Phi) is 5.29. The maximum Gasteiger partial charge on any atom is 0.225 e. The number of carbonyl (C=O) groups is 1. The minimum atomic E-state index is 0.257. The minimum absolute atomic E-state index is 0.257. The molecule has 1 aliphatic carbocycles. The number of likely N-dealkylation sites (tertiary alicyclic amines) is 1. The Morgan fingerprint density at radius 2 is 2.05 bits per heavy atom. The fourth-order valence-electron chi connectivity index (χ4n) is 2.98. The number of allylic oxidation sites excluding steroid dienone is 1. The van der Waals surface area contributed by atoms with E-state index in [2.05, 4.69) is 4.99 Å². The van der Waals surface area contributed by atoms with Gasteiger partial charge in [-0.1, -0.05) is 24.4 Å². The summed E-state index contributed by atoms with van der Waals surface area (Å²) in [4.78, 5) is 18.5. The molecule has 0 spiro atoms. The van der Waals surface area contributed by atoms with Gasteiger partial charge in [0.15, 0.2) is 0 Å². The first-order valence-corrected chi connectivity index (χ1v) is 7.66. The van der Waals surface area contributed by atoms with Crippen LogP contribution in [0.2, 0.25) is 0 Å². The summed E-state index contributed by atoms with van der Waals surface area (Å²) >= 11 is 5.91. The van der Waals surface area contributed by atoms with E-state index < -0.39 is 0 Å². The standard InChI is InChI=1S/C14H23ClN4O/c15-13(12(17)7-16)18-8-10-5-6-19(9-10)14(20)11-3-1-2-4-11/h7,10-11H,1-6,8-9,16-17H2/b12-7+,18-13+/t10-/m1/s1. The number of nitrogens with zero attached hydrogens (tertiary/aromatic N) is 2. The molecule has 1 atom stereocenters. The second-order valence-electron chi connectivity index (χ2n) is 5.67. The van der Waals surface area contributed by atoms with E-state index in [1.54, 1.807) is 0 Å². The molecule has 2 rings (SSSR count). The maximum absolute atomic E-state index is 12.3. The zero-order chi connectivity index (χ0) is 14.5. The molecule has 6 heteroatoms. The van der Waals surface area contributed by atoms with Crippen molar-refractivity contribution in [3.63, 3.8) is 0 Å². The predicted octanol–water partition coefficient (Wildman–Crippen LogP) is 1.42. The van der Waals surface area contributed by atoms with Gasteiger partial charge in [0.05, 0.1) is 5.70 Å². The second-order valence-corrected chi connectivity index (χ2v) is 6.03. The van der Waals surface area contributed by atoms with Gasteiger partial charge in [-0.15, -0.1) is 0 Å². The Labute approximate surface area is 125 Å². The molecule has 0 unspecified atom stereocenters. The number of amides is 1. The number of halogens is 1. The van der Waals surface area contributed by atoms with Crippen LogP contribution in [0.4, 0.5) is 0 Å². The van der Waals surface area contributed by atoms with Gasteiger partial charge in [-0.05, 0) is 25.2 Å². The molecule has 2 fully saturated rings. The summed E-state index contributed by atoms with van der Waals surface area (Å²) in [5.41, 5.74) is 11.1. The van der Waals surface area contributed by atoms with Crippen molar-refractivity contribution in [1.29, 1.82) is 0 Å². The van der Waals surface area contributed by atoms with E-state index in [0.717, 1.165) is 32.4 Å². The number of nitrogens with two attached hydrogens (primary N) is 2. The summed E-state index contributed by atoms with van der Waals surface area (Å²) in [6.07, 6.45) is 6.73. The average molecular weight is 299 g/mol. The summed E-state index contributed by atoms with van der Waals surface area (Å²) in [7, 11) is 0. The Hall–Kier alpha value is -1.23. The number of rotatable bonds is 4. The van der Waals surface area contributed by atoms with Crippen LogP contribution in [0.1, 0.15) is 32.1 Å². The molecule has 4 N–H and O–H groups in total. The van der Waals surface area contributed by atoms with E-state index in [-0.39, 0.29) is 11.1 Å². The Morgan fingerprint density at radius 3 is 2.70 bits per heavy atom. The van der Waals surface area contributed by atoms with Crippen LogP contribution in [0.15, 0.2) is 16.9 Å². The minimum Gasteiger partial charge on any atom is -0.403 e. The maximum atomic E-state index is 12.3. The van der Waals surface area contributed by atoms with E-state index in [0.29, 0.717) is 24.1 Å². The van der Waals surface area contributed by atoms with E-state index in [4.69, 9.17) is 23.1 Å². The zero-order valence-electron chi connectivity index (χ0n) is 11.7. The third-order valence-electron chi connectivity index (χ3n) is 4.21. The quantitative estimate of drug-likeness (QED) is 0.770. The van der Waals surface area contributed by atoms with E-state index >= 15 is 0 Å². The van der Waals surface area contributed by atoms with Gasteiger partial charge in [0, 0.05) is 31.8 Å². The molecule has 1 amide bonds. The molecule has 1 saturated heterocycles. The summed E-state index contributed by atoms with van der Waals surface area (Å²) in [6.45, 7) is 2.23. The number of carbonyl (C=O) groups excluding carboxylic acids is 1. The van der Waals surface area contributed by atoms with Gasteiger partial charge >= 0.3 is 0 Å². The number of hydrogen-bond acceptors (Lipinski definition) is 4. The smallest absolute Gasteiger partial charge is 0.225 e. The van der Waals surface area contributed by atoms with Crippen molar-refractivity contribution in [3.05, 3.63) is 11.9 Å². The first kappa shape index (κ1) is 15.2. The first-order chi connectivity index (χ1) is 9.61. The Morgan fingerprint density at radius 1 is 1.35 bits per heavy atom. The predicted molar refractivity (Wildman–Crippen MR) is 81.3 cm³/mol. The van der Waals surface area contributed by atoms with Gasteiger partial charge in [-0.25, -0.2) is 0 Å². The Bertz CT molecular complexity index is 415. The van der Waals surface area contributed by atoms with Crippen LogP contribution in [-0.2, 0) is 4.79 Å². The van der Waals surface area contributed by atoms with Crippen molar-refractivity contribution in [2.45, 2.75) is 32.1 Å². The molecular weight excluding hydrogens is 276 g/mol. The van der Waals surface area contributed by atoms with Gasteiger partial charge in [0.2, 0.25) is 5.91 Å². The van der Waals surface area contributed by atoms with Crippen LogP contribution in [0.5, 0.6) is 0 Å². The average Bonchev–Trinajstić information content (AvgIpc) is 3.14. The molecule has 0 aromatic rings. The zero-order valence-corrected chi connectivity index (χ0v) is 12.5. The molecule has 112 valence electrons. The van der Waals surface area contributed by atoms with E-state index in [1.165, 1.54) is 19.0 Å². The molecule has 1 aliphatic heterocycles. The summed E-state index contributed by atoms with van der Waals surface area (Å²) in [6, 6.07) is 0. The number of hydrogen-bond donors (Lipinski definition) is 2. The topological polar surface area (TPSA) is 84.7 Å². The van der Waals surface area contributed by atoms with Crippen LogP contribution in [0, 0.1) is 11.8 Å². The van der Waals surface area contributed by atoms with Gasteiger partial charge in [0.25, 0.3) is 0 Å². The van der Waals surface area contributed by atoms with Gasteiger partial charge < -0.3 is 16.4 Å². The van der Waals surface area contributed by atoms with Crippen molar-refractivity contribution in [2.24, 2.45) is 28.3 Å². The molecule has 0 bridgehead atoms. The monoisotopic (exact) mass is 298 g/mol. The molecule has 0 radical (unpaired) electrons. The van der Waals surface area contributed by atoms with Crippen LogP contribution < -0.4 is 11.5 Å². The highest BCUT2D eigenvalue weighted by molar-refractivity contribution is 6.69. The molecule has 0 aromatic carbocycles. The van der Waals surface area contributed by atoms with Crippen molar-refractivity contribution in [1.82, 2.24) is 4.90 Å². The molecule has 1 saturated carbocycles. The highest BCUT2D eigenvalue weighted by Gasteiger charge is 2.32. The second kappa shape index (κ2) is 6.97. The third kappa shape index (κ3) is 3.66. The molecule has 20 heavy (non-hydrogen) atoms. The van der Waals surface area contributed by atoms with Crippen LogP contribution in [0.25, 0.3) is 0 Å². The fourth-order valence-corrected chi connectivity index (χ4v) is 3.11. The lowest BCUT2D eigenvalue weighted by molar-refractivity contribution is -0.134. The van der Waals surface area contributed by atoms with Crippen LogP contribution in [-0.4, -0.2) is 35.6 Å². The molecule has 0 aromatic heterocycles. The van der Waals surface area contributed by atoms with Crippen LogP contribution in [0.3, 0.4) is 0 Å². The molecule has 2 aliphatic rings. The molecule has 5 nitrogen and oxygen atoms in total. The Balaban J connectivity index is 1.81. The highest BCUT2D eigenvalue weighted by atomic mass is 35.5. The van der Waals surface area contributed by atoms with E-state index in [9.17, 15) is 4.79 Å². The summed E-state index contributed by atoms with van der Waals surface area (Å²) in [5.74, 6) is 0.970.